The minimum Gasteiger partial charge on any atom is -0.355 e. The van der Waals surface area contributed by atoms with Crippen molar-refractivity contribution in [1.82, 2.24) is 20.4 Å². The van der Waals surface area contributed by atoms with Crippen molar-refractivity contribution in [1.29, 1.82) is 0 Å². The third kappa shape index (κ3) is 4.18. The maximum atomic E-state index is 12.1. The molecule has 1 aliphatic rings. The number of nitrogens with zero attached hydrogens (tertiary/aromatic N) is 2. The molecule has 0 aromatic rings. The fourth-order valence-electron chi connectivity index (χ4n) is 2.78. The van der Waals surface area contributed by atoms with Crippen LogP contribution in [0.2, 0.25) is 0 Å². The molecule has 1 saturated carbocycles. The van der Waals surface area contributed by atoms with Crippen LogP contribution in [0.1, 0.15) is 25.7 Å². The van der Waals surface area contributed by atoms with Gasteiger partial charge in [0.25, 0.3) is 0 Å². The molecule has 0 radical (unpaired) electrons. The average molecular weight is 284 g/mol. The maximum Gasteiger partial charge on any atom is 0.223 e. The molecule has 0 atom stereocenters. The quantitative estimate of drug-likeness (QED) is 0.504. The van der Waals surface area contributed by atoms with E-state index in [0.717, 1.165) is 38.6 Å². The summed E-state index contributed by atoms with van der Waals surface area (Å²) < 4.78 is 0. The molecular weight excluding hydrogens is 256 g/mol. The molecule has 1 fully saturated rings. The monoisotopic (exact) mass is 284 g/mol. The lowest BCUT2D eigenvalue weighted by Gasteiger charge is -2.44. The summed E-state index contributed by atoms with van der Waals surface area (Å²) in [7, 11) is 7.64. The van der Waals surface area contributed by atoms with E-state index < -0.39 is 0 Å². The number of rotatable bonds is 7. The molecule has 0 spiro atoms. The molecule has 0 aliphatic heterocycles. The fraction of sp³-hybridized carbons (Fsp3) is 0.857. The van der Waals surface area contributed by atoms with Gasteiger partial charge in [0.05, 0.1) is 5.66 Å². The Balaban J connectivity index is 2.44. The van der Waals surface area contributed by atoms with E-state index in [4.69, 9.17) is 0 Å². The molecule has 116 valence electrons. The number of hydrogen-bond acceptors (Lipinski definition) is 4. The highest BCUT2D eigenvalue weighted by atomic mass is 16.2. The Morgan fingerprint density at radius 3 is 2.35 bits per heavy atom. The first-order chi connectivity index (χ1) is 9.45. The third-order valence-corrected chi connectivity index (χ3v) is 4.34. The van der Waals surface area contributed by atoms with E-state index in [2.05, 4.69) is 10.6 Å². The van der Waals surface area contributed by atoms with Crippen molar-refractivity contribution < 1.29 is 9.59 Å². The van der Waals surface area contributed by atoms with Gasteiger partial charge in [0, 0.05) is 26.1 Å². The molecule has 0 aromatic carbocycles. The lowest BCUT2D eigenvalue weighted by molar-refractivity contribution is -0.129. The number of hydrogen-bond donors (Lipinski definition) is 2. The molecule has 20 heavy (non-hydrogen) atoms. The predicted octanol–water partition coefficient (Wildman–Crippen LogP) is -0.142. The lowest BCUT2D eigenvalue weighted by Crippen LogP contribution is -2.58. The van der Waals surface area contributed by atoms with Crippen LogP contribution in [0.3, 0.4) is 0 Å². The number of amides is 2. The Bertz CT molecular complexity index is 325. The summed E-state index contributed by atoms with van der Waals surface area (Å²) >= 11 is 0. The summed E-state index contributed by atoms with van der Waals surface area (Å²) in [5.74, 6) is 0.212. The van der Waals surface area contributed by atoms with Crippen LogP contribution >= 0.6 is 0 Å². The maximum absolute atomic E-state index is 12.1. The first-order valence-electron chi connectivity index (χ1n) is 7.25. The highest BCUT2D eigenvalue weighted by molar-refractivity contribution is 5.78. The van der Waals surface area contributed by atoms with E-state index in [9.17, 15) is 9.59 Å². The molecular formula is C14H28N4O2. The molecule has 0 aromatic heterocycles. The molecule has 1 aliphatic carbocycles. The summed E-state index contributed by atoms with van der Waals surface area (Å²) in [6, 6.07) is 0. The Morgan fingerprint density at radius 2 is 1.90 bits per heavy atom. The van der Waals surface area contributed by atoms with Crippen molar-refractivity contribution in [2.75, 3.05) is 41.3 Å². The van der Waals surface area contributed by atoms with E-state index in [0.29, 0.717) is 6.54 Å². The van der Waals surface area contributed by atoms with Crippen molar-refractivity contribution in [3.05, 3.63) is 0 Å². The second-order valence-electron chi connectivity index (χ2n) is 5.87. The van der Waals surface area contributed by atoms with Crippen molar-refractivity contribution in [3.63, 3.8) is 0 Å². The van der Waals surface area contributed by atoms with Gasteiger partial charge < -0.3 is 15.1 Å². The SMILES string of the molecule is CNC1(N(C)C=O)CCC(C(=O)NCCN(C)C)CC1. The zero-order valence-corrected chi connectivity index (χ0v) is 13.1. The highest BCUT2D eigenvalue weighted by Gasteiger charge is 2.38. The Hall–Kier alpha value is -1.14. The fourth-order valence-corrected chi connectivity index (χ4v) is 2.78. The molecule has 0 heterocycles. The van der Waals surface area contributed by atoms with Crippen LogP contribution in [-0.2, 0) is 9.59 Å². The van der Waals surface area contributed by atoms with Gasteiger partial charge in [0.15, 0.2) is 0 Å². The van der Waals surface area contributed by atoms with Crippen LogP contribution in [0.25, 0.3) is 0 Å². The minimum atomic E-state index is -0.290. The van der Waals surface area contributed by atoms with Crippen LogP contribution in [-0.4, -0.2) is 69.1 Å². The molecule has 2 N–H and O–H groups in total. The second-order valence-corrected chi connectivity index (χ2v) is 5.87. The summed E-state index contributed by atoms with van der Waals surface area (Å²) in [6.07, 6.45) is 4.10. The van der Waals surface area contributed by atoms with Gasteiger partial charge in [-0.3, -0.25) is 14.9 Å². The molecule has 1 rings (SSSR count). The van der Waals surface area contributed by atoms with Crippen molar-refractivity contribution >= 4 is 12.3 Å². The molecule has 0 saturated heterocycles. The normalized spacial score (nSPS) is 26.4. The van der Waals surface area contributed by atoms with Crippen LogP contribution in [0.15, 0.2) is 0 Å². The lowest BCUT2D eigenvalue weighted by atomic mass is 9.80. The topological polar surface area (TPSA) is 64.7 Å². The van der Waals surface area contributed by atoms with Crippen LogP contribution in [0.5, 0.6) is 0 Å². The molecule has 6 heteroatoms. The molecule has 0 bridgehead atoms. The van der Waals surface area contributed by atoms with E-state index >= 15 is 0 Å². The van der Waals surface area contributed by atoms with E-state index in [-0.39, 0.29) is 17.5 Å². The largest absolute Gasteiger partial charge is 0.355 e. The standard InChI is InChI=1S/C14H28N4O2/c1-15-14(18(4)11-19)7-5-12(6-8-14)13(20)16-9-10-17(2)3/h11-12,15H,5-10H2,1-4H3,(H,16,20). The number of carbonyl (C=O) groups is 2. The zero-order valence-electron chi connectivity index (χ0n) is 13.1. The van der Waals surface area contributed by atoms with Gasteiger partial charge in [0.2, 0.25) is 12.3 Å². The predicted molar refractivity (Wildman–Crippen MR) is 79.1 cm³/mol. The van der Waals surface area contributed by atoms with Gasteiger partial charge in [0.1, 0.15) is 0 Å². The number of carbonyl (C=O) groups excluding carboxylic acids is 2. The van der Waals surface area contributed by atoms with Crippen molar-refractivity contribution in [3.8, 4) is 0 Å². The van der Waals surface area contributed by atoms with Gasteiger partial charge in [-0.25, -0.2) is 0 Å². The first-order valence-corrected chi connectivity index (χ1v) is 7.25. The van der Waals surface area contributed by atoms with E-state index in [1.165, 1.54) is 0 Å². The van der Waals surface area contributed by atoms with Crippen molar-refractivity contribution in [2.45, 2.75) is 31.3 Å². The first kappa shape index (κ1) is 16.9. The highest BCUT2D eigenvalue weighted by Crippen LogP contribution is 2.33. The Kier molecular flexibility index (Phi) is 6.42. The van der Waals surface area contributed by atoms with Crippen molar-refractivity contribution in [2.24, 2.45) is 5.92 Å². The zero-order chi connectivity index (χ0) is 15.2. The average Bonchev–Trinajstić information content (AvgIpc) is 2.45. The molecule has 6 nitrogen and oxygen atoms in total. The van der Waals surface area contributed by atoms with Crippen LogP contribution < -0.4 is 10.6 Å². The van der Waals surface area contributed by atoms with Crippen LogP contribution in [0.4, 0.5) is 0 Å². The number of likely N-dealkylation sites (N-methyl/N-ethyl adjacent to an activating group) is 1. The summed E-state index contributed by atoms with van der Waals surface area (Å²) in [4.78, 5) is 26.8. The van der Waals surface area contributed by atoms with Gasteiger partial charge in [-0.2, -0.15) is 0 Å². The van der Waals surface area contributed by atoms with Gasteiger partial charge in [-0.1, -0.05) is 0 Å². The number of nitrogens with one attached hydrogen (secondary N) is 2. The van der Waals surface area contributed by atoms with Crippen LogP contribution in [0, 0.1) is 5.92 Å². The Labute approximate surface area is 121 Å². The summed E-state index contributed by atoms with van der Waals surface area (Å²) in [6.45, 7) is 1.54. The third-order valence-electron chi connectivity index (χ3n) is 4.34. The second kappa shape index (κ2) is 7.59. The Morgan fingerprint density at radius 1 is 1.30 bits per heavy atom. The molecule has 0 unspecified atom stereocenters. The van der Waals surface area contributed by atoms with Gasteiger partial charge in [-0.05, 0) is 46.8 Å². The summed E-state index contributed by atoms with van der Waals surface area (Å²) in [5, 5.41) is 6.23. The molecule has 2 amide bonds. The van der Waals surface area contributed by atoms with Gasteiger partial charge >= 0.3 is 0 Å². The minimum absolute atomic E-state index is 0.0682. The smallest absolute Gasteiger partial charge is 0.223 e. The summed E-state index contributed by atoms with van der Waals surface area (Å²) in [5.41, 5.74) is -0.290. The van der Waals surface area contributed by atoms with E-state index in [1.54, 1.807) is 11.9 Å². The van der Waals surface area contributed by atoms with Gasteiger partial charge in [-0.15, -0.1) is 0 Å². The van der Waals surface area contributed by atoms with E-state index in [1.807, 2.05) is 26.0 Å².